The van der Waals surface area contributed by atoms with E-state index < -0.39 is 63.2 Å². The molecule has 6 N–H and O–H groups in total. The van der Waals surface area contributed by atoms with Crippen LogP contribution in [0.1, 0.15) is 114 Å². The molecule has 0 bridgehead atoms. The standard InChI is InChI=1S/C34H40F2N8O3.C34H39F2N7O4.C31H32FN9O2/c1-8-27(45)42-12-13-43(21(5)18-42)32-22-17-24(36)30(28-23(35)10-9-11-25(28)37)39-33(22)44(34(46)40-32)31-20(4)16-26(38-29(31)19(2)3)47-15-14-41(6)7;1-8-27(45)41-12-13-42(21(5)18-41)32-22-17-24(36)30(28-23(35)10-9-11-25(28)44)38-33(22)43(34(46)39-32)31-20(4)16-26(37-29(31)19(2)3)47-15-14-40(6)7;1-6-23(42)39-12-13-40(18(5)15-39)29-20-14-21(32)26(19-8-7-9-22-24(19)28(33)38-37-22)35-30(20)41(31(43)36-29)27-17(4)10-11-34-25(27)16(2)3/h8-11,16-17,19,21H,1,12-15,18,37H2,2-7H3;8-11,16-17,19,21,44H,1,12-15,18H2,2-7H3;6-11,14,16,18H,1,12-13,15H2,2-5H3,(H3,33,37,38)/t2*21-;18-/m000/s1. The number of piperazine rings is 3. The number of phenols is 1. The molecular weight excluding hydrogens is 1760 g/mol. The highest BCUT2D eigenvalue weighted by Crippen LogP contribution is 2.43. The highest BCUT2D eigenvalue weighted by Gasteiger charge is 2.37. The lowest BCUT2D eigenvalue weighted by molar-refractivity contribution is -0.127. The van der Waals surface area contributed by atoms with Crippen LogP contribution >= 0.6 is 0 Å². The predicted molar refractivity (Wildman–Crippen MR) is 520 cm³/mol. The van der Waals surface area contributed by atoms with Crippen molar-refractivity contribution in [3.63, 3.8) is 0 Å². The van der Waals surface area contributed by atoms with Crippen molar-refractivity contribution in [3.8, 4) is 68.3 Å². The lowest BCUT2D eigenvalue weighted by Gasteiger charge is -2.40. The lowest BCUT2D eigenvalue weighted by atomic mass is 10.0. The van der Waals surface area contributed by atoms with Gasteiger partial charge in [-0.2, -0.15) is 20.1 Å². The van der Waals surface area contributed by atoms with Gasteiger partial charge in [-0.25, -0.2) is 75.0 Å². The van der Waals surface area contributed by atoms with Crippen molar-refractivity contribution >= 4 is 90.7 Å². The Balaban J connectivity index is 0.000000164. The maximum absolute atomic E-state index is 16.2. The van der Waals surface area contributed by atoms with Crippen molar-refractivity contribution in [2.75, 3.05) is 140 Å². The van der Waals surface area contributed by atoms with Crippen LogP contribution in [0, 0.1) is 49.9 Å². The number of benzene rings is 3. The Morgan fingerprint density at radius 2 is 0.869 bits per heavy atom. The first kappa shape index (κ1) is 98.1. The molecule has 3 atom stereocenters. The van der Waals surface area contributed by atoms with Gasteiger partial charge in [0.25, 0.3) is 0 Å². The maximum atomic E-state index is 16.2. The molecule has 10 aromatic heterocycles. The van der Waals surface area contributed by atoms with Gasteiger partial charge in [0.15, 0.2) is 34.4 Å². The molecule has 13 aromatic rings. The quantitative estimate of drug-likeness (QED) is 0.0262. The van der Waals surface area contributed by atoms with E-state index in [2.05, 4.69) is 59.8 Å². The zero-order chi connectivity index (χ0) is 98.9. The summed E-state index contributed by atoms with van der Waals surface area (Å²) in [7, 11) is 7.76. The van der Waals surface area contributed by atoms with Crippen molar-refractivity contribution in [3.05, 3.63) is 229 Å². The van der Waals surface area contributed by atoms with Gasteiger partial charge in [0, 0.05) is 120 Å². The number of aromatic amines is 1. The first-order valence-corrected chi connectivity index (χ1v) is 45.0. The summed E-state index contributed by atoms with van der Waals surface area (Å²) < 4.78 is 94.4. The number of carbonyl (C=O) groups is 3. The van der Waals surface area contributed by atoms with E-state index in [9.17, 15) is 33.9 Å². The number of anilines is 5. The molecule has 3 amide bonds. The minimum absolute atomic E-state index is 0.00364. The molecule has 716 valence electrons. The number of aryl methyl sites for hydroxylation is 3. The molecule has 16 rings (SSSR count). The minimum atomic E-state index is -0.914. The molecule has 0 aliphatic carbocycles. The van der Waals surface area contributed by atoms with Crippen LogP contribution in [0.3, 0.4) is 0 Å². The summed E-state index contributed by atoms with van der Waals surface area (Å²) in [4.78, 5) is 136. The van der Waals surface area contributed by atoms with Crippen LogP contribution < -0.4 is 52.7 Å². The summed E-state index contributed by atoms with van der Waals surface area (Å²) in [6, 6.07) is 21.2. The SMILES string of the molecule is C=CC(=O)N1CCN(c2nc(=O)n(-c3c(C)cc(OCCN(C)C)nc3C(C)C)c3nc(-c4c(N)cccc4F)c(F)cc23)[C@@H](C)C1.C=CC(=O)N1CCN(c2nc(=O)n(-c3c(C)cc(OCCN(C)C)nc3C(C)C)c3nc(-c4c(O)cccc4F)c(F)cc23)[C@@H](C)C1.C=CC(=O)N1CCN(c2nc(=O)n(-c3c(C)ccnc3C(C)C)c3nc(-c4cccc5[nH]nc(N)c45)c(F)cc23)[C@@H](C)C1. The third kappa shape index (κ3) is 19.7. The number of likely N-dealkylation sites (N-methyl/N-ethyl adjacent to an activating group) is 2. The summed E-state index contributed by atoms with van der Waals surface area (Å²) in [6.07, 6.45) is 5.49. The van der Waals surface area contributed by atoms with Gasteiger partial charge in [-0.15, -0.1) is 0 Å². The van der Waals surface area contributed by atoms with Gasteiger partial charge < -0.3 is 65.2 Å². The number of nitrogen functional groups attached to an aromatic ring is 2. The molecule has 0 radical (unpaired) electrons. The lowest BCUT2D eigenvalue weighted by Crippen LogP contribution is -2.54. The number of aromatic nitrogens is 14. The van der Waals surface area contributed by atoms with Crippen LogP contribution in [0.2, 0.25) is 0 Å². The smallest absolute Gasteiger partial charge is 0.355 e. The number of ether oxygens (including phenoxy) is 2. The van der Waals surface area contributed by atoms with E-state index >= 15 is 22.0 Å². The topological polar surface area (TPSA) is 379 Å². The molecule has 0 saturated carbocycles. The average molecular weight is 1880 g/mol. The number of aromatic hydroxyl groups is 1. The van der Waals surface area contributed by atoms with E-state index in [4.69, 9.17) is 35.9 Å². The molecule has 38 heteroatoms. The number of hydrogen-bond acceptors (Lipinski definition) is 26. The number of nitrogens with two attached hydrogens (primary N) is 2. The number of fused-ring (bicyclic) bond motifs is 4. The summed E-state index contributed by atoms with van der Waals surface area (Å²) in [6.45, 7) is 39.0. The second-order valence-corrected chi connectivity index (χ2v) is 35.6. The van der Waals surface area contributed by atoms with Gasteiger partial charge in [-0.05, 0) is 177 Å². The van der Waals surface area contributed by atoms with Gasteiger partial charge in [-0.1, -0.05) is 85.5 Å². The molecule has 33 nitrogen and oxygen atoms in total. The fraction of sp³-hybridized carbons (Fsp3) is 0.354. The molecule has 3 aliphatic heterocycles. The van der Waals surface area contributed by atoms with E-state index in [0.717, 1.165) is 17.7 Å². The van der Waals surface area contributed by atoms with Crippen molar-refractivity contribution in [1.29, 1.82) is 0 Å². The monoisotopic (exact) mass is 1870 g/mol. The predicted octanol–water partition coefficient (Wildman–Crippen LogP) is 12.8. The summed E-state index contributed by atoms with van der Waals surface area (Å²) in [5.41, 5.74) is 15.5. The van der Waals surface area contributed by atoms with Crippen molar-refractivity contribution in [2.45, 2.75) is 119 Å². The maximum Gasteiger partial charge on any atom is 0.355 e. The molecule has 137 heavy (non-hydrogen) atoms. The van der Waals surface area contributed by atoms with Crippen LogP contribution in [0.15, 0.2) is 150 Å². The molecule has 3 saturated heterocycles. The van der Waals surface area contributed by atoms with Crippen molar-refractivity contribution in [2.24, 2.45) is 0 Å². The zero-order valence-electron chi connectivity index (χ0n) is 79.4. The number of hydrogen-bond donors (Lipinski definition) is 4. The van der Waals surface area contributed by atoms with Crippen molar-refractivity contribution < 1.29 is 50.9 Å². The number of halogens is 5. The van der Waals surface area contributed by atoms with E-state index in [0.29, 0.717) is 170 Å². The van der Waals surface area contributed by atoms with Gasteiger partial charge >= 0.3 is 17.1 Å². The molecular formula is C99H111F5N24O9. The Kier molecular flexibility index (Phi) is 29.1. The van der Waals surface area contributed by atoms with E-state index in [-0.39, 0.29) is 121 Å². The Morgan fingerprint density at radius 3 is 1.26 bits per heavy atom. The van der Waals surface area contributed by atoms with Gasteiger partial charge in [0.1, 0.15) is 71.0 Å². The average Bonchev–Trinajstić information content (AvgIpc) is 1.13. The van der Waals surface area contributed by atoms with Gasteiger partial charge in [0.2, 0.25) is 29.5 Å². The third-order valence-corrected chi connectivity index (χ3v) is 24.4. The summed E-state index contributed by atoms with van der Waals surface area (Å²) >= 11 is 0. The van der Waals surface area contributed by atoms with Gasteiger partial charge in [-0.3, -0.25) is 24.5 Å². The number of rotatable bonds is 23. The molecule has 0 unspecified atom stereocenters. The second kappa shape index (κ2) is 40.7. The van der Waals surface area contributed by atoms with E-state index in [1.54, 1.807) is 58.2 Å². The number of amides is 3. The number of phenolic OH excluding ortho intramolecular Hbond substituents is 1. The Hall–Kier alpha value is -15.0. The molecule has 13 heterocycles. The molecule has 0 spiro atoms. The summed E-state index contributed by atoms with van der Waals surface area (Å²) in [5.74, 6) is -3.76. The highest BCUT2D eigenvalue weighted by molar-refractivity contribution is 6.03. The van der Waals surface area contributed by atoms with Crippen LogP contribution in [-0.2, 0) is 14.4 Å². The number of carbonyl (C=O) groups excluding carboxylic acids is 3. The van der Waals surface area contributed by atoms with Crippen LogP contribution in [0.25, 0.3) is 94.8 Å². The first-order valence-electron chi connectivity index (χ1n) is 45.0. The second-order valence-electron chi connectivity index (χ2n) is 35.6. The van der Waals surface area contributed by atoms with Crippen LogP contribution in [0.4, 0.5) is 50.9 Å². The fourth-order valence-corrected chi connectivity index (χ4v) is 17.6. The number of nitrogens with zero attached hydrogens (tertiary/aromatic N) is 21. The molecule has 3 aliphatic rings. The Morgan fingerprint density at radius 1 is 0.489 bits per heavy atom. The van der Waals surface area contributed by atoms with Gasteiger partial charge in [0.05, 0.1) is 72.3 Å². The largest absolute Gasteiger partial charge is 0.507 e. The normalized spacial score (nSPS) is 15.3. The zero-order valence-corrected chi connectivity index (χ0v) is 79.4. The Bertz CT molecular complexity index is 6810. The highest BCUT2D eigenvalue weighted by atomic mass is 19.1. The Labute approximate surface area is 787 Å². The minimum Gasteiger partial charge on any atom is -0.507 e. The van der Waals surface area contributed by atoms with Crippen LogP contribution in [-0.4, -0.2) is 248 Å². The molecule has 3 aromatic carbocycles. The number of H-pyrrole nitrogens is 1. The number of nitrogens with one attached hydrogen (secondary N) is 1. The first-order chi connectivity index (χ1) is 65.2. The third-order valence-electron chi connectivity index (χ3n) is 24.4. The van der Waals surface area contributed by atoms with Crippen LogP contribution in [0.5, 0.6) is 17.5 Å². The number of pyridine rings is 6. The van der Waals surface area contributed by atoms with E-state index in [1.165, 1.54) is 74.4 Å². The fourth-order valence-electron chi connectivity index (χ4n) is 17.6. The molecule has 3 fully saturated rings. The van der Waals surface area contributed by atoms with E-state index in [1.807, 2.05) is 135 Å². The summed E-state index contributed by atoms with van der Waals surface area (Å²) in [5, 5.41) is 18.8. The van der Waals surface area contributed by atoms with Crippen molar-refractivity contribution in [1.82, 2.24) is 93.3 Å².